The maximum absolute atomic E-state index is 7.12. The second-order valence-electron chi connectivity index (χ2n) is 16.5. The Morgan fingerprint density at radius 1 is 0.509 bits per heavy atom. The Balaban J connectivity index is 1.52. The summed E-state index contributed by atoms with van der Waals surface area (Å²) >= 11 is 4.31. The van der Waals surface area contributed by atoms with E-state index < -0.39 is 0 Å². The number of ether oxygens (including phenoxy) is 2. The number of rotatable bonds is 31. The van der Waals surface area contributed by atoms with Crippen LogP contribution in [0.1, 0.15) is 188 Å². The zero-order chi connectivity index (χ0) is 40.2. The molecule has 316 valence electrons. The fraction of sp³-hybridized carbons (Fsp3) is 0.673. The molecule has 0 fully saturated rings. The van der Waals surface area contributed by atoms with E-state index in [2.05, 4.69) is 63.6 Å². The van der Waals surface area contributed by atoms with Crippen molar-refractivity contribution in [2.45, 2.75) is 189 Å². The molecule has 0 saturated carbocycles. The van der Waals surface area contributed by atoms with E-state index >= 15 is 0 Å². The van der Waals surface area contributed by atoms with Gasteiger partial charge in [0.2, 0.25) is 0 Å². The fourth-order valence-corrected chi connectivity index (χ4v) is 14.2. The van der Waals surface area contributed by atoms with Crippen molar-refractivity contribution in [3.63, 3.8) is 0 Å². The van der Waals surface area contributed by atoms with Crippen LogP contribution in [0, 0.1) is 11.8 Å². The van der Waals surface area contributed by atoms with Crippen LogP contribution in [0.25, 0.3) is 39.1 Å². The molecule has 4 aromatic heterocycles. The van der Waals surface area contributed by atoms with Crippen LogP contribution in [-0.2, 0) is 12.8 Å². The molecule has 2 atom stereocenters. The van der Waals surface area contributed by atoms with Gasteiger partial charge in [-0.2, -0.15) is 0 Å². The predicted octanol–water partition coefficient (Wildman–Crippen LogP) is 15.7. The van der Waals surface area contributed by atoms with E-state index in [-0.39, 0.29) is 29.0 Å². The van der Waals surface area contributed by atoms with Gasteiger partial charge < -0.3 is 0 Å². The molecule has 5 rings (SSSR count). The first-order valence-electron chi connectivity index (χ1n) is 23.2. The molecule has 0 N–H and O–H groups in total. The van der Waals surface area contributed by atoms with Gasteiger partial charge in [0, 0.05) is 0 Å². The third kappa shape index (κ3) is 14.1. The van der Waals surface area contributed by atoms with E-state index in [1.807, 2.05) is 22.7 Å². The van der Waals surface area contributed by atoms with Crippen LogP contribution in [0.5, 0.6) is 11.5 Å². The van der Waals surface area contributed by atoms with Gasteiger partial charge in [-0.3, -0.25) is 0 Å². The van der Waals surface area contributed by atoms with Gasteiger partial charge in [0.15, 0.2) is 0 Å². The topological polar surface area (TPSA) is 44.2 Å². The normalized spacial score (nSPS) is 12.9. The number of hydrogen-bond donors (Lipinski definition) is 0. The standard InChI is InChI=1S/C49H74N2O2S2Se2/c1-7-13-17-19-21-24-28-38-34-56-48(50-38)42-30-40-44(52-32-36(11-5)26-16-10-4)46-41(45(47(40)55-42)53-33-37(12-6)27-23-15-9-3)31-43(54-46)49-51-39(35-57-49)29-25-22-20-18-14-8-2/h30-31,34-37H,7-29,32-33H2,1-6H3. The average Bonchev–Trinajstić information content (AvgIpc) is 4.06. The molecule has 2 unspecified atom stereocenters. The van der Waals surface area contributed by atoms with Gasteiger partial charge in [-0.1, -0.05) is 6.92 Å². The van der Waals surface area contributed by atoms with Gasteiger partial charge >= 0.3 is 362 Å². The molecular formula is C49H74N2O2S2Se2. The zero-order valence-electron chi connectivity index (χ0n) is 36.5. The molecule has 0 aliphatic heterocycles. The van der Waals surface area contributed by atoms with Crippen LogP contribution in [0.3, 0.4) is 0 Å². The summed E-state index contributed by atoms with van der Waals surface area (Å²) in [4.78, 5) is 18.1. The Hall–Kier alpha value is -1.40. The Bertz CT molecular complexity index is 1740. The van der Waals surface area contributed by atoms with E-state index in [1.165, 1.54) is 172 Å². The predicted molar refractivity (Wildman–Crippen MR) is 254 cm³/mol. The molecule has 8 heteroatoms. The molecule has 0 saturated heterocycles. The van der Waals surface area contributed by atoms with Gasteiger partial charge in [-0.25, -0.2) is 0 Å². The molecular weight excluding hydrogens is 871 g/mol. The Labute approximate surface area is 366 Å². The Morgan fingerprint density at radius 3 is 1.35 bits per heavy atom. The van der Waals surface area contributed by atoms with Crippen LogP contribution in [0.2, 0.25) is 0 Å². The number of fused-ring (bicyclic) bond motifs is 2. The van der Waals surface area contributed by atoms with Crippen molar-refractivity contribution < 1.29 is 9.47 Å². The van der Waals surface area contributed by atoms with Crippen LogP contribution in [0.4, 0.5) is 0 Å². The first-order valence-corrected chi connectivity index (χ1v) is 28.5. The van der Waals surface area contributed by atoms with Crippen molar-refractivity contribution in [1.82, 2.24) is 9.97 Å². The second kappa shape index (κ2) is 26.0. The van der Waals surface area contributed by atoms with Crippen molar-refractivity contribution >= 4 is 71.9 Å². The van der Waals surface area contributed by atoms with Gasteiger partial charge in [-0.15, -0.1) is 0 Å². The molecule has 0 aliphatic rings. The summed E-state index contributed by atoms with van der Waals surface area (Å²) in [5.74, 6) is 3.25. The molecule has 0 bridgehead atoms. The molecule has 0 spiro atoms. The molecule has 5 aromatic rings. The van der Waals surface area contributed by atoms with Crippen molar-refractivity contribution in [3.8, 4) is 30.4 Å². The Kier molecular flexibility index (Phi) is 21.3. The summed E-state index contributed by atoms with van der Waals surface area (Å²) in [6, 6.07) is 4.85. The Morgan fingerprint density at radius 2 is 0.912 bits per heavy atom. The van der Waals surface area contributed by atoms with Gasteiger partial charge in [-0.05, 0) is 0 Å². The summed E-state index contributed by atoms with van der Waals surface area (Å²) in [6.07, 6.45) is 29.2. The molecule has 57 heavy (non-hydrogen) atoms. The number of aromatic nitrogens is 2. The SMILES string of the molecule is CCCCCCCCc1c[se]c(-c2cc3c(OCC(CC)CCCCC)c4sc(-c5nc(CCCCCCCC)c[se]5)cc4c(OCC(CC)CCCC)c3s2)n1. The van der Waals surface area contributed by atoms with Crippen molar-refractivity contribution in [1.29, 1.82) is 0 Å². The van der Waals surface area contributed by atoms with Crippen LogP contribution in [-0.4, -0.2) is 52.2 Å². The first-order chi connectivity index (χ1) is 28.0. The number of hydrogen-bond acceptors (Lipinski definition) is 6. The molecule has 0 amide bonds. The molecule has 0 radical (unpaired) electrons. The average molecular weight is 945 g/mol. The molecule has 4 nitrogen and oxygen atoms in total. The second-order valence-corrected chi connectivity index (χ2v) is 22.2. The third-order valence-corrected chi connectivity index (χ3v) is 18.5. The van der Waals surface area contributed by atoms with E-state index in [0.29, 0.717) is 11.8 Å². The van der Waals surface area contributed by atoms with Crippen LogP contribution in [0.15, 0.2) is 22.0 Å². The van der Waals surface area contributed by atoms with E-state index in [9.17, 15) is 0 Å². The number of nitrogens with zero attached hydrogens (tertiary/aromatic N) is 2. The van der Waals surface area contributed by atoms with E-state index in [1.54, 1.807) is 0 Å². The van der Waals surface area contributed by atoms with Gasteiger partial charge in [0.25, 0.3) is 0 Å². The summed E-state index contributed by atoms with van der Waals surface area (Å²) < 4.78 is 19.2. The first kappa shape index (κ1) is 46.7. The number of benzene rings is 1. The minimum absolute atomic E-state index is 0.258. The summed E-state index contributed by atoms with van der Waals surface area (Å²) in [5, 5.41) is 2.44. The zero-order valence-corrected chi connectivity index (χ0v) is 41.5. The quantitative estimate of drug-likeness (QED) is 0.0328. The summed E-state index contributed by atoms with van der Waals surface area (Å²) in [5.41, 5.74) is 2.61. The van der Waals surface area contributed by atoms with E-state index in [4.69, 9.17) is 19.4 Å². The monoisotopic (exact) mass is 946 g/mol. The molecule has 0 aliphatic carbocycles. The van der Waals surface area contributed by atoms with Crippen LogP contribution < -0.4 is 9.47 Å². The maximum atomic E-state index is 7.12. The molecule has 1 aromatic carbocycles. The van der Waals surface area contributed by atoms with Crippen molar-refractivity contribution in [2.24, 2.45) is 11.8 Å². The minimum atomic E-state index is 0.258. The number of aryl methyl sites for hydroxylation is 2. The van der Waals surface area contributed by atoms with Crippen LogP contribution >= 0.6 is 22.7 Å². The van der Waals surface area contributed by atoms with Gasteiger partial charge in [0.05, 0.1) is 0 Å². The van der Waals surface area contributed by atoms with Gasteiger partial charge in [0.1, 0.15) is 0 Å². The fourth-order valence-electron chi connectivity index (χ4n) is 7.83. The third-order valence-electron chi connectivity index (χ3n) is 11.7. The summed E-state index contributed by atoms with van der Waals surface area (Å²) in [7, 11) is 0. The summed E-state index contributed by atoms with van der Waals surface area (Å²) in [6.45, 7) is 15.4. The molecule has 4 heterocycles. The van der Waals surface area contributed by atoms with Crippen molar-refractivity contribution in [3.05, 3.63) is 33.4 Å². The van der Waals surface area contributed by atoms with E-state index in [0.717, 1.165) is 50.4 Å². The van der Waals surface area contributed by atoms with Crippen molar-refractivity contribution in [2.75, 3.05) is 13.2 Å². The number of unbranched alkanes of at least 4 members (excludes halogenated alkanes) is 13. The number of thiophene rings is 2.